The molecule has 0 fully saturated rings. The van der Waals surface area contributed by atoms with E-state index in [1.165, 1.54) is 29.2 Å². The second-order valence-electron chi connectivity index (χ2n) is 6.92. The van der Waals surface area contributed by atoms with Crippen molar-refractivity contribution in [1.82, 2.24) is 4.98 Å². The number of hydrogen-bond acceptors (Lipinski definition) is 5. The molecule has 0 atom stereocenters. The Bertz CT molecular complexity index is 1130. The van der Waals surface area contributed by atoms with Crippen molar-refractivity contribution in [3.8, 4) is 0 Å². The summed E-state index contributed by atoms with van der Waals surface area (Å²) in [6.07, 6.45) is -4.55. The minimum atomic E-state index is -4.55. The molecule has 0 saturated carbocycles. The van der Waals surface area contributed by atoms with Gasteiger partial charge in [0.1, 0.15) is 6.61 Å². The fourth-order valence-electron chi connectivity index (χ4n) is 2.97. The number of esters is 1. The zero-order valence-corrected chi connectivity index (χ0v) is 17.8. The Morgan fingerprint density at radius 2 is 1.87 bits per heavy atom. The highest BCUT2D eigenvalue weighted by molar-refractivity contribution is 7.14. The predicted molar refractivity (Wildman–Crippen MR) is 111 cm³/mol. The first kappa shape index (κ1) is 22.5. The van der Waals surface area contributed by atoms with E-state index in [1.807, 2.05) is 32.0 Å². The lowest BCUT2D eigenvalue weighted by Gasteiger charge is -2.20. The lowest BCUT2D eigenvalue weighted by molar-refractivity contribution is -0.137. The molecule has 0 aliphatic carbocycles. The van der Waals surface area contributed by atoms with Crippen LogP contribution in [0.1, 0.15) is 39.7 Å². The van der Waals surface area contributed by atoms with Crippen molar-refractivity contribution in [3.05, 3.63) is 75.8 Å². The van der Waals surface area contributed by atoms with Crippen LogP contribution in [-0.2, 0) is 22.3 Å². The summed E-state index contributed by atoms with van der Waals surface area (Å²) in [6, 6.07) is 9.71. The van der Waals surface area contributed by atoms with E-state index < -0.39 is 17.7 Å². The van der Waals surface area contributed by atoms with Crippen LogP contribution >= 0.6 is 11.3 Å². The van der Waals surface area contributed by atoms with E-state index >= 15 is 0 Å². The maximum absolute atomic E-state index is 12.8. The Balaban J connectivity index is 1.75. The zero-order valence-electron chi connectivity index (χ0n) is 17.0. The van der Waals surface area contributed by atoms with Crippen LogP contribution in [0.2, 0.25) is 0 Å². The van der Waals surface area contributed by atoms with Crippen molar-refractivity contribution >= 4 is 34.0 Å². The van der Waals surface area contributed by atoms with Gasteiger partial charge in [0.25, 0.3) is 0 Å². The number of rotatable bonds is 5. The third kappa shape index (κ3) is 5.29. The molecule has 5 nitrogen and oxygen atoms in total. The third-order valence-electron chi connectivity index (χ3n) is 4.42. The molecule has 0 bridgehead atoms. The molecule has 162 valence electrons. The lowest BCUT2D eigenvalue weighted by atomic mass is 10.1. The number of aromatic nitrogens is 1. The summed E-state index contributed by atoms with van der Waals surface area (Å²) in [5.41, 5.74) is 1.92. The topological polar surface area (TPSA) is 59.5 Å². The van der Waals surface area contributed by atoms with Crippen molar-refractivity contribution < 1.29 is 27.5 Å². The number of thiazole rings is 1. The van der Waals surface area contributed by atoms with E-state index in [2.05, 4.69) is 4.98 Å². The normalized spacial score (nSPS) is 11.3. The van der Waals surface area contributed by atoms with E-state index in [0.717, 1.165) is 29.3 Å². The fourth-order valence-corrected chi connectivity index (χ4v) is 3.84. The molecular weight excluding hydrogens is 429 g/mol. The van der Waals surface area contributed by atoms with Gasteiger partial charge < -0.3 is 4.74 Å². The van der Waals surface area contributed by atoms with Crippen molar-refractivity contribution in [2.45, 2.75) is 33.6 Å². The van der Waals surface area contributed by atoms with Crippen LogP contribution in [0.25, 0.3) is 0 Å². The molecule has 1 amide bonds. The second kappa shape index (κ2) is 8.89. The van der Waals surface area contributed by atoms with Crippen LogP contribution in [0.5, 0.6) is 0 Å². The van der Waals surface area contributed by atoms with Gasteiger partial charge in [0.15, 0.2) is 5.13 Å². The highest BCUT2D eigenvalue weighted by Gasteiger charge is 2.31. The monoisotopic (exact) mass is 448 g/mol. The molecule has 3 aromatic rings. The van der Waals surface area contributed by atoms with Gasteiger partial charge in [0.2, 0.25) is 5.91 Å². The molecule has 0 spiro atoms. The number of carbonyl (C=O) groups excluding carboxylic acids is 2. The Hall–Kier alpha value is -3.20. The molecule has 0 saturated heterocycles. The fraction of sp³-hybridized carbons (Fsp3) is 0.227. The molecule has 31 heavy (non-hydrogen) atoms. The van der Waals surface area contributed by atoms with Crippen LogP contribution in [-0.4, -0.2) is 16.9 Å². The number of aryl methyl sites for hydroxylation is 2. The largest absolute Gasteiger partial charge is 0.456 e. The minimum absolute atomic E-state index is 0.203. The average molecular weight is 448 g/mol. The summed E-state index contributed by atoms with van der Waals surface area (Å²) in [4.78, 5) is 30.3. The van der Waals surface area contributed by atoms with Gasteiger partial charge in [-0.15, -0.1) is 11.3 Å². The van der Waals surface area contributed by atoms with Crippen LogP contribution in [0, 0.1) is 13.8 Å². The quantitative estimate of drug-likeness (QED) is 0.462. The maximum atomic E-state index is 12.8. The number of alkyl halides is 3. The third-order valence-corrected chi connectivity index (χ3v) is 5.29. The molecule has 3 rings (SSSR count). The van der Waals surface area contributed by atoms with Gasteiger partial charge >= 0.3 is 12.1 Å². The average Bonchev–Trinajstić information content (AvgIpc) is 3.15. The zero-order chi connectivity index (χ0) is 22.8. The summed E-state index contributed by atoms with van der Waals surface area (Å²) < 4.78 is 43.6. The number of halogens is 3. The molecular formula is C22H19F3N2O3S. The number of carbonyl (C=O) groups is 2. The molecule has 9 heteroatoms. The highest BCUT2D eigenvalue weighted by atomic mass is 32.1. The van der Waals surface area contributed by atoms with Crippen LogP contribution in [0.15, 0.2) is 47.8 Å². The number of amides is 1. The van der Waals surface area contributed by atoms with E-state index in [1.54, 1.807) is 5.38 Å². The number of anilines is 2. The van der Waals surface area contributed by atoms with Gasteiger partial charge in [-0.2, -0.15) is 13.2 Å². The molecule has 2 aromatic carbocycles. The summed E-state index contributed by atoms with van der Waals surface area (Å²) in [6.45, 7) is 5.04. The lowest BCUT2D eigenvalue weighted by Crippen LogP contribution is -2.23. The second-order valence-corrected chi connectivity index (χ2v) is 7.76. The Kier molecular flexibility index (Phi) is 6.45. The van der Waals surface area contributed by atoms with Gasteiger partial charge in [-0.25, -0.2) is 9.78 Å². The standard InChI is InChI=1S/C22H19F3N2O3S/c1-13-7-8-19(14(2)9-13)27(15(3)28)21-26-18(12-31-21)11-30-20(29)16-5-4-6-17(10-16)22(23,24)25/h4-10,12H,11H2,1-3H3. The summed E-state index contributed by atoms with van der Waals surface area (Å²) >= 11 is 1.20. The molecule has 0 aliphatic heterocycles. The molecule has 0 aliphatic rings. The van der Waals surface area contributed by atoms with E-state index in [0.29, 0.717) is 16.5 Å². The Morgan fingerprint density at radius 3 is 2.52 bits per heavy atom. The van der Waals surface area contributed by atoms with Crippen molar-refractivity contribution in [3.63, 3.8) is 0 Å². The van der Waals surface area contributed by atoms with E-state index in [-0.39, 0.29) is 18.1 Å². The number of ether oxygens (including phenoxy) is 1. The smallest absolute Gasteiger partial charge is 0.416 e. The first-order valence-electron chi connectivity index (χ1n) is 9.23. The molecule has 1 aromatic heterocycles. The number of benzene rings is 2. The van der Waals surface area contributed by atoms with Crippen molar-refractivity contribution in [1.29, 1.82) is 0 Å². The molecule has 0 unspecified atom stereocenters. The Labute approximate surface area is 181 Å². The minimum Gasteiger partial charge on any atom is -0.456 e. The van der Waals surface area contributed by atoms with Gasteiger partial charge in [-0.1, -0.05) is 23.8 Å². The summed E-state index contributed by atoms with van der Waals surface area (Å²) in [5.74, 6) is -1.12. The first-order chi connectivity index (χ1) is 14.6. The predicted octanol–water partition coefficient (Wildman–Crippen LogP) is 5.82. The van der Waals surface area contributed by atoms with Crippen molar-refractivity contribution in [2.75, 3.05) is 4.90 Å². The van der Waals surface area contributed by atoms with Crippen LogP contribution in [0.4, 0.5) is 24.0 Å². The summed E-state index contributed by atoms with van der Waals surface area (Å²) in [7, 11) is 0. The van der Waals surface area contributed by atoms with Gasteiger partial charge in [-0.3, -0.25) is 9.69 Å². The van der Waals surface area contributed by atoms with E-state index in [4.69, 9.17) is 4.74 Å². The Morgan fingerprint density at radius 1 is 1.13 bits per heavy atom. The van der Waals surface area contributed by atoms with Gasteiger partial charge in [0, 0.05) is 12.3 Å². The van der Waals surface area contributed by atoms with E-state index in [9.17, 15) is 22.8 Å². The first-order valence-corrected chi connectivity index (χ1v) is 10.1. The van der Waals surface area contributed by atoms with Crippen LogP contribution in [0.3, 0.4) is 0 Å². The van der Waals surface area contributed by atoms with Crippen LogP contribution < -0.4 is 4.90 Å². The number of hydrogen-bond donors (Lipinski definition) is 0. The molecule has 0 N–H and O–H groups in total. The van der Waals surface area contributed by atoms with Gasteiger partial charge in [0.05, 0.1) is 22.5 Å². The number of nitrogens with zero attached hydrogens (tertiary/aromatic N) is 2. The van der Waals surface area contributed by atoms with Gasteiger partial charge in [-0.05, 0) is 43.7 Å². The highest BCUT2D eigenvalue weighted by Crippen LogP contribution is 2.32. The van der Waals surface area contributed by atoms with Crippen molar-refractivity contribution in [2.24, 2.45) is 0 Å². The maximum Gasteiger partial charge on any atom is 0.416 e. The summed E-state index contributed by atoms with van der Waals surface area (Å²) in [5, 5.41) is 2.04. The molecule has 0 radical (unpaired) electrons. The SMILES string of the molecule is CC(=O)N(c1nc(COC(=O)c2cccc(C(F)(F)F)c2)cs1)c1ccc(C)cc1C. The molecule has 1 heterocycles.